The molecule has 0 atom stereocenters. The second-order valence-corrected chi connectivity index (χ2v) is 8.97. The standard InChI is InChI=1S/C20H38N4O3/c1-5-21-17(22-14-20(26)12-6-7-13-20)23-15-8-10-16(11-9-15)24-18(25)27-19(2,3)4/h15-16,26H,5-14H2,1-4H3,(H,24,25)(H2,21,22,23). The highest BCUT2D eigenvalue weighted by Crippen LogP contribution is 2.29. The zero-order valence-electron chi connectivity index (χ0n) is 17.4. The van der Waals surface area contributed by atoms with Crippen LogP contribution in [0.3, 0.4) is 0 Å². The number of hydrogen-bond acceptors (Lipinski definition) is 4. The zero-order chi connectivity index (χ0) is 19.9. The van der Waals surface area contributed by atoms with Gasteiger partial charge in [0.25, 0.3) is 0 Å². The van der Waals surface area contributed by atoms with Crippen molar-refractivity contribution in [2.75, 3.05) is 13.1 Å². The molecule has 0 radical (unpaired) electrons. The molecule has 0 saturated heterocycles. The van der Waals surface area contributed by atoms with Crippen molar-refractivity contribution in [3.05, 3.63) is 0 Å². The molecule has 0 aliphatic heterocycles. The first kappa shape index (κ1) is 21.8. The van der Waals surface area contributed by atoms with E-state index in [1.54, 1.807) is 0 Å². The maximum absolute atomic E-state index is 11.9. The Labute approximate surface area is 163 Å². The molecule has 156 valence electrons. The number of guanidine groups is 1. The van der Waals surface area contributed by atoms with Crippen molar-refractivity contribution in [1.82, 2.24) is 16.0 Å². The van der Waals surface area contributed by atoms with Crippen LogP contribution in [-0.2, 0) is 4.74 Å². The van der Waals surface area contributed by atoms with Crippen LogP contribution in [-0.4, -0.2) is 53.5 Å². The molecule has 0 aromatic heterocycles. The van der Waals surface area contributed by atoms with Gasteiger partial charge < -0.3 is 25.8 Å². The van der Waals surface area contributed by atoms with Crippen LogP contribution < -0.4 is 16.0 Å². The van der Waals surface area contributed by atoms with Gasteiger partial charge in [-0.05, 0) is 66.2 Å². The minimum atomic E-state index is -0.628. The van der Waals surface area contributed by atoms with Gasteiger partial charge in [0, 0.05) is 18.6 Å². The van der Waals surface area contributed by atoms with E-state index in [0.717, 1.165) is 63.9 Å². The fraction of sp³-hybridized carbons (Fsp3) is 0.900. The van der Waals surface area contributed by atoms with Gasteiger partial charge in [-0.3, -0.25) is 4.99 Å². The molecule has 4 N–H and O–H groups in total. The highest BCUT2D eigenvalue weighted by atomic mass is 16.6. The van der Waals surface area contributed by atoms with Crippen LogP contribution in [0.1, 0.15) is 79.1 Å². The van der Waals surface area contributed by atoms with Crippen LogP contribution in [0.15, 0.2) is 4.99 Å². The average molecular weight is 383 g/mol. The van der Waals surface area contributed by atoms with E-state index >= 15 is 0 Å². The molecule has 2 saturated carbocycles. The Bertz CT molecular complexity index is 502. The molecule has 0 heterocycles. The molecule has 0 spiro atoms. The van der Waals surface area contributed by atoms with E-state index in [2.05, 4.69) is 20.9 Å². The first-order valence-electron chi connectivity index (χ1n) is 10.5. The molecule has 2 rings (SSSR count). The van der Waals surface area contributed by atoms with E-state index in [1.807, 2.05) is 27.7 Å². The number of rotatable bonds is 5. The molecular weight excluding hydrogens is 344 g/mol. The van der Waals surface area contributed by atoms with Gasteiger partial charge in [-0.25, -0.2) is 4.79 Å². The Morgan fingerprint density at radius 1 is 1.11 bits per heavy atom. The van der Waals surface area contributed by atoms with Crippen LogP contribution in [0, 0.1) is 0 Å². The number of ether oxygens (including phenoxy) is 1. The normalized spacial score (nSPS) is 25.7. The Balaban J connectivity index is 1.77. The number of nitrogens with zero attached hydrogens (tertiary/aromatic N) is 1. The molecule has 27 heavy (non-hydrogen) atoms. The number of carbonyl (C=O) groups excluding carboxylic acids is 1. The van der Waals surface area contributed by atoms with E-state index in [-0.39, 0.29) is 12.1 Å². The van der Waals surface area contributed by atoms with Crippen molar-refractivity contribution in [3.8, 4) is 0 Å². The lowest BCUT2D eigenvalue weighted by Crippen LogP contribution is -2.48. The molecule has 0 aromatic rings. The second-order valence-electron chi connectivity index (χ2n) is 8.97. The predicted octanol–water partition coefficient (Wildman–Crippen LogP) is 2.68. The predicted molar refractivity (Wildman–Crippen MR) is 108 cm³/mol. The summed E-state index contributed by atoms with van der Waals surface area (Å²) in [6.07, 6.45) is 7.30. The largest absolute Gasteiger partial charge is 0.444 e. The maximum atomic E-state index is 11.9. The Morgan fingerprint density at radius 3 is 2.19 bits per heavy atom. The van der Waals surface area contributed by atoms with Crippen LogP contribution in [0.2, 0.25) is 0 Å². The summed E-state index contributed by atoms with van der Waals surface area (Å²) in [6, 6.07) is 0.495. The minimum Gasteiger partial charge on any atom is -0.444 e. The number of aliphatic hydroxyl groups is 1. The average Bonchev–Trinajstić information content (AvgIpc) is 3.00. The lowest BCUT2D eigenvalue weighted by Gasteiger charge is -2.31. The fourth-order valence-electron chi connectivity index (χ4n) is 3.79. The number of aliphatic imine (C=N–C) groups is 1. The maximum Gasteiger partial charge on any atom is 0.407 e. The number of nitrogens with one attached hydrogen (secondary N) is 3. The molecule has 2 aliphatic carbocycles. The third kappa shape index (κ3) is 7.95. The van der Waals surface area contributed by atoms with E-state index in [9.17, 15) is 9.90 Å². The molecule has 7 nitrogen and oxygen atoms in total. The van der Waals surface area contributed by atoms with Crippen molar-refractivity contribution >= 4 is 12.1 Å². The molecule has 7 heteroatoms. The smallest absolute Gasteiger partial charge is 0.407 e. The van der Waals surface area contributed by atoms with Gasteiger partial charge in [-0.2, -0.15) is 0 Å². The number of hydrogen-bond donors (Lipinski definition) is 4. The van der Waals surface area contributed by atoms with Crippen LogP contribution in [0.4, 0.5) is 4.79 Å². The molecule has 0 bridgehead atoms. The lowest BCUT2D eigenvalue weighted by molar-refractivity contribution is 0.0490. The lowest BCUT2D eigenvalue weighted by atomic mass is 9.91. The quantitative estimate of drug-likeness (QED) is 0.433. The van der Waals surface area contributed by atoms with E-state index in [1.165, 1.54) is 0 Å². The summed E-state index contributed by atoms with van der Waals surface area (Å²) < 4.78 is 5.34. The van der Waals surface area contributed by atoms with Crippen molar-refractivity contribution < 1.29 is 14.6 Å². The summed E-state index contributed by atoms with van der Waals surface area (Å²) in [5.74, 6) is 0.779. The van der Waals surface area contributed by atoms with Gasteiger partial charge in [0.15, 0.2) is 5.96 Å². The second kappa shape index (κ2) is 9.62. The SMILES string of the molecule is CCNC(=NCC1(O)CCCC1)NC1CCC(NC(=O)OC(C)(C)C)CC1. The zero-order valence-corrected chi connectivity index (χ0v) is 17.4. The van der Waals surface area contributed by atoms with Crippen molar-refractivity contribution in [2.45, 2.75) is 102 Å². The van der Waals surface area contributed by atoms with Gasteiger partial charge >= 0.3 is 6.09 Å². The summed E-state index contributed by atoms with van der Waals surface area (Å²) in [7, 11) is 0. The topological polar surface area (TPSA) is 95.0 Å². The fourth-order valence-corrected chi connectivity index (χ4v) is 3.79. The third-order valence-electron chi connectivity index (χ3n) is 5.20. The van der Waals surface area contributed by atoms with Crippen LogP contribution in [0.25, 0.3) is 0 Å². The third-order valence-corrected chi connectivity index (χ3v) is 5.20. The summed E-state index contributed by atoms with van der Waals surface area (Å²) in [5, 5.41) is 20.2. The Morgan fingerprint density at radius 2 is 1.67 bits per heavy atom. The monoisotopic (exact) mass is 382 g/mol. The van der Waals surface area contributed by atoms with E-state index < -0.39 is 11.2 Å². The molecule has 2 aliphatic rings. The molecular formula is C20H38N4O3. The van der Waals surface area contributed by atoms with E-state index in [4.69, 9.17) is 4.74 Å². The minimum absolute atomic E-state index is 0.164. The molecule has 1 amide bonds. The number of amides is 1. The highest BCUT2D eigenvalue weighted by Gasteiger charge is 2.31. The Kier molecular flexibility index (Phi) is 7.77. The number of alkyl carbamates (subject to hydrolysis) is 1. The van der Waals surface area contributed by atoms with Crippen molar-refractivity contribution in [1.29, 1.82) is 0 Å². The van der Waals surface area contributed by atoms with Gasteiger partial charge in [0.2, 0.25) is 0 Å². The highest BCUT2D eigenvalue weighted by molar-refractivity contribution is 5.80. The van der Waals surface area contributed by atoms with Gasteiger partial charge in [0.1, 0.15) is 5.60 Å². The first-order chi connectivity index (χ1) is 12.7. The summed E-state index contributed by atoms with van der Waals surface area (Å²) in [4.78, 5) is 16.5. The van der Waals surface area contributed by atoms with Gasteiger partial charge in [-0.15, -0.1) is 0 Å². The summed E-state index contributed by atoms with van der Waals surface area (Å²) in [5.41, 5.74) is -1.10. The summed E-state index contributed by atoms with van der Waals surface area (Å²) in [6.45, 7) is 8.91. The van der Waals surface area contributed by atoms with Gasteiger partial charge in [-0.1, -0.05) is 12.8 Å². The van der Waals surface area contributed by atoms with E-state index in [0.29, 0.717) is 12.6 Å². The summed E-state index contributed by atoms with van der Waals surface area (Å²) >= 11 is 0. The van der Waals surface area contributed by atoms with Crippen molar-refractivity contribution in [2.24, 2.45) is 4.99 Å². The number of carbonyl (C=O) groups is 1. The Hall–Kier alpha value is -1.50. The molecule has 2 fully saturated rings. The molecule has 0 aromatic carbocycles. The van der Waals surface area contributed by atoms with Gasteiger partial charge in [0.05, 0.1) is 12.1 Å². The first-order valence-corrected chi connectivity index (χ1v) is 10.5. The molecule has 0 unspecified atom stereocenters. The van der Waals surface area contributed by atoms with Crippen LogP contribution in [0.5, 0.6) is 0 Å². The van der Waals surface area contributed by atoms with Crippen LogP contribution >= 0.6 is 0 Å². The van der Waals surface area contributed by atoms with Crippen molar-refractivity contribution in [3.63, 3.8) is 0 Å².